The quantitative estimate of drug-likeness (QED) is 0.620. The monoisotopic (exact) mass is 400 g/mol. The topological polar surface area (TPSA) is 28.4 Å². The molecular weight excluding hydrogens is 377 g/mol. The van der Waals surface area contributed by atoms with Crippen molar-refractivity contribution in [2.75, 3.05) is 18.0 Å². The molecule has 1 aliphatic heterocycles. The first-order chi connectivity index (χ1) is 13.8. The van der Waals surface area contributed by atoms with Gasteiger partial charge in [-0.2, -0.15) is 0 Å². The molecule has 2 atom stereocenters. The number of benzene rings is 2. The molecule has 0 amide bonds. The van der Waals surface area contributed by atoms with E-state index < -0.39 is 11.8 Å². The van der Waals surface area contributed by atoms with Gasteiger partial charge in [-0.3, -0.25) is 0 Å². The Morgan fingerprint density at radius 2 is 1.72 bits per heavy atom. The van der Waals surface area contributed by atoms with Crippen LogP contribution in [0.3, 0.4) is 0 Å². The zero-order valence-electron chi connectivity index (χ0n) is 16.1. The highest BCUT2D eigenvalue weighted by Gasteiger charge is 2.45. The third-order valence-corrected chi connectivity index (χ3v) is 5.76. The van der Waals surface area contributed by atoms with Gasteiger partial charge in [-0.1, -0.05) is 24.3 Å². The van der Waals surface area contributed by atoms with Crippen molar-refractivity contribution in [3.63, 3.8) is 0 Å². The van der Waals surface area contributed by atoms with E-state index in [2.05, 4.69) is 0 Å². The largest absolute Gasteiger partial charge is 0.508 e. The van der Waals surface area contributed by atoms with Crippen LogP contribution in [0.1, 0.15) is 36.4 Å². The van der Waals surface area contributed by atoms with E-state index in [0.29, 0.717) is 18.5 Å². The number of hydrogen-bond donors (Lipinski definition) is 1. The molecule has 3 aromatic rings. The van der Waals surface area contributed by atoms with Crippen LogP contribution in [0, 0.1) is 5.82 Å². The van der Waals surface area contributed by atoms with Crippen LogP contribution in [0.15, 0.2) is 67.0 Å². The van der Waals surface area contributed by atoms with E-state index >= 15 is 0 Å². The second-order valence-corrected chi connectivity index (χ2v) is 7.66. The number of phenolic OH excluding ortho intramolecular Hbond substituents is 1. The van der Waals surface area contributed by atoms with Gasteiger partial charge in [0.2, 0.25) is 0 Å². The molecule has 0 radical (unpaired) electrons. The van der Waals surface area contributed by atoms with Crippen LogP contribution in [0.25, 0.3) is 0 Å². The number of piperidine rings is 1. The van der Waals surface area contributed by atoms with Crippen LogP contribution in [-0.2, 0) is 0 Å². The summed E-state index contributed by atoms with van der Waals surface area (Å²) in [6, 6.07) is 14.2. The second kappa shape index (κ2) is 7.50. The van der Waals surface area contributed by atoms with Crippen molar-refractivity contribution in [2.24, 2.45) is 0 Å². The fourth-order valence-corrected chi connectivity index (χ4v) is 4.02. The summed E-state index contributed by atoms with van der Waals surface area (Å²) in [7, 11) is 0. The van der Waals surface area contributed by atoms with Gasteiger partial charge in [-0.15, -0.1) is 0 Å². The summed E-state index contributed by atoms with van der Waals surface area (Å²) in [6.45, 7) is 2.16. The lowest BCUT2D eigenvalue weighted by Gasteiger charge is -2.39. The Morgan fingerprint density at radius 1 is 1.03 bits per heavy atom. The number of aromatic hydroxyl groups is 1. The van der Waals surface area contributed by atoms with Crippen molar-refractivity contribution in [3.8, 4) is 5.75 Å². The molecule has 2 aromatic carbocycles. The van der Waals surface area contributed by atoms with Crippen LogP contribution in [0.4, 0.5) is 18.9 Å². The number of alkyl halides is 2. The minimum Gasteiger partial charge on any atom is -0.508 e. The maximum Gasteiger partial charge on any atom is 0.272 e. The average molecular weight is 400 g/mol. The maximum atomic E-state index is 14.9. The first kappa shape index (κ1) is 19.4. The van der Waals surface area contributed by atoms with E-state index in [1.165, 1.54) is 24.3 Å². The minimum atomic E-state index is -2.88. The molecule has 4 rings (SSSR count). The lowest BCUT2D eigenvalue weighted by atomic mass is 9.86. The van der Waals surface area contributed by atoms with Crippen molar-refractivity contribution in [3.05, 3.63) is 83.9 Å². The Kier molecular flexibility index (Phi) is 5.03. The highest BCUT2D eigenvalue weighted by molar-refractivity contribution is 5.47. The summed E-state index contributed by atoms with van der Waals surface area (Å²) in [5.41, 5.74) is 2.25. The van der Waals surface area contributed by atoms with Crippen LogP contribution in [-0.4, -0.2) is 28.7 Å². The zero-order chi connectivity index (χ0) is 20.6. The molecule has 1 aromatic heterocycles. The number of nitrogens with zero attached hydrogens (tertiary/aromatic N) is 2. The second-order valence-electron chi connectivity index (χ2n) is 7.66. The fourth-order valence-electron chi connectivity index (χ4n) is 4.02. The first-order valence-electron chi connectivity index (χ1n) is 9.68. The van der Waals surface area contributed by atoms with Gasteiger partial charge in [0.15, 0.2) is 0 Å². The summed E-state index contributed by atoms with van der Waals surface area (Å²) >= 11 is 0. The molecule has 1 saturated heterocycles. The third kappa shape index (κ3) is 3.97. The minimum absolute atomic E-state index is 0.0283. The summed E-state index contributed by atoms with van der Waals surface area (Å²) < 4.78 is 44.9. The van der Waals surface area contributed by atoms with Gasteiger partial charge in [0, 0.05) is 18.9 Å². The molecule has 0 saturated carbocycles. The lowest BCUT2D eigenvalue weighted by molar-refractivity contribution is -0.0331. The summed E-state index contributed by atoms with van der Waals surface area (Å²) in [6.07, 6.45) is 4.06. The number of phenols is 1. The van der Waals surface area contributed by atoms with Crippen molar-refractivity contribution < 1.29 is 18.3 Å². The van der Waals surface area contributed by atoms with E-state index in [9.17, 15) is 18.3 Å². The van der Waals surface area contributed by atoms with E-state index in [1.54, 1.807) is 29.2 Å². The van der Waals surface area contributed by atoms with Crippen molar-refractivity contribution >= 4 is 5.69 Å². The van der Waals surface area contributed by atoms with Crippen molar-refractivity contribution in [1.82, 2.24) is 4.57 Å². The van der Waals surface area contributed by atoms with Crippen LogP contribution in [0.5, 0.6) is 5.75 Å². The molecule has 3 nitrogen and oxygen atoms in total. The Hall–Kier alpha value is -2.89. The molecule has 0 bridgehead atoms. The molecule has 6 heteroatoms. The molecule has 0 spiro atoms. The van der Waals surface area contributed by atoms with Gasteiger partial charge in [-0.05, 0) is 54.8 Å². The van der Waals surface area contributed by atoms with Crippen LogP contribution < -0.4 is 4.90 Å². The van der Waals surface area contributed by atoms with E-state index in [-0.39, 0.29) is 24.2 Å². The highest BCUT2D eigenvalue weighted by atomic mass is 19.3. The molecule has 29 heavy (non-hydrogen) atoms. The summed E-state index contributed by atoms with van der Waals surface area (Å²) in [4.78, 5) is 1.71. The van der Waals surface area contributed by atoms with Gasteiger partial charge in [-0.25, -0.2) is 13.2 Å². The molecule has 1 fully saturated rings. The van der Waals surface area contributed by atoms with Gasteiger partial charge < -0.3 is 14.6 Å². The Labute approximate surface area is 168 Å². The predicted molar refractivity (Wildman–Crippen MR) is 107 cm³/mol. The standard InChI is InChI=1S/C23H23F3N2O/c1-16(17-2-6-19(24)7-3-17)27-12-10-20(14-27)28-13-11-22(23(25,26)15-28)18-4-8-21(29)9-5-18/h2-10,12,14,16,22,29H,11,13,15H2,1H3/t16-,22?/m0/s1. The van der Waals surface area contributed by atoms with E-state index in [0.717, 1.165) is 11.3 Å². The Bertz CT molecular complexity index is 967. The number of hydrogen-bond acceptors (Lipinski definition) is 2. The zero-order valence-corrected chi connectivity index (χ0v) is 16.1. The molecule has 1 unspecified atom stereocenters. The van der Waals surface area contributed by atoms with Crippen molar-refractivity contribution in [2.45, 2.75) is 31.2 Å². The first-order valence-corrected chi connectivity index (χ1v) is 9.68. The fraction of sp³-hybridized carbons (Fsp3) is 0.304. The number of aromatic nitrogens is 1. The smallest absolute Gasteiger partial charge is 0.272 e. The summed E-state index contributed by atoms with van der Waals surface area (Å²) in [5.74, 6) is -3.95. The van der Waals surface area contributed by atoms with Crippen molar-refractivity contribution in [1.29, 1.82) is 0 Å². The predicted octanol–water partition coefficient (Wildman–Crippen LogP) is 5.57. The Balaban J connectivity index is 1.49. The van der Waals surface area contributed by atoms with Gasteiger partial charge in [0.25, 0.3) is 5.92 Å². The van der Waals surface area contributed by atoms with E-state index in [4.69, 9.17) is 0 Å². The number of anilines is 1. The summed E-state index contributed by atoms with van der Waals surface area (Å²) in [5, 5.41) is 9.40. The van der Waals surface area contributed by atoms with Crippen LogP contribution >= 0.6 is 0 Å². The average Bonchev–Trinajstić information content (AvgIpc) is 3.18. The third-order valence-electron chi connectivity index (χ3n) is 5.76. The SMILES string of the molecule is C[C@@H](c1ccc(F)cc1)n1ccc(N2CCC(c3ccc(O)cc3)C(F)(F)C2)c1. The Morgan fingerprint density at radius 3 is 2.38 bits per heavy atom. The van der Waals surface area contributed by atoms with Gasteiger partial charge in [0.1, 0.15) is 11.6 Å². The number of halogens is 3. The molecule has 1 aliphatic rings. The normalized spacial score (nSPS) is 19.9. The lowest BCUT2D eigenvalue weighted by Crippen LogP contribution is -2.47. The molecule has 1 N–H and O–H groups in total. The molecular formula is C23H23F3N2O. The molecule has 0 aliphatic carbocycles. The van der Waals surface area contributed by atoms with Gasteiger partial charge >= 0.3 is 0 Å². The van der Waals surface area contributed by atoms with Gasteiger partial charge in [0.05, 0.1) is 24.2 Å². The maximum absolute atomic E-state index is 14.9. The number of rotatable bonds is 4. The molecule has 2 heterocycles. The van der Waals surface area contributed by atoms with E-state index in [1.807, 2.05) is 30.0 Å². The highest BCUT2D eigenvalue weighted by Crippen LogP contribution is 2.42. The molecule has 152 valence electrons. The van der Waals surface area contributed by atoms with Crippen LogP contribution in [0.2, 0.25) is 0 Å².